The molecule has 0 radical (unpaired) electrons. The van der Waals surface area contributed by atoms with Gasteiger partial charge >= 0.3 is 0 Å². The van der Waals surface area contributed by atoms with E-state index in [0.717, 1.165) is 17.1 Å². The van der Waals surface area contributed by atoms with Crippen LogP contribution in [-0.4, -0.2) is 11.7 Å². The summed E-state index contributed by atoms with van der Waals surface area (Å²) in [5.74, 6) is 0.858. The van der Waals surface area contributed by atoms with Gasteiger partial charge in [-0.05, 0) is 80.5 Å². The van der Waals surface area contributed by atoms with Gasteiger partial charge in [-0.3, -0.25) is 0 Å². The van der Waals surface area contributed by atoms with E-state index >= 15 is 0 Å². The third-order valence-electron chi connectivity index (χ3n) is 2.90. The fourth-order valence-corrected chi connectivity index (χ4v) is 2.38. The van der Waals surface area contributed by atoms with Gasteiger partial charge in [0.2, 0.25) is 0 Å². The highest BCUT2D eigenvalue weighted by Crippen LogP contribution is 2.17. The van der Waals surface area contributed by atoms with E-state index in [-0.39, 0.29) is 0 Å². The van der Waals surface area contributed by atoms with Crippen molar-refractivity contribution >= 4 is 28.7 Å². The van der Waals surface area contributed by atoms with Crippen LogP contribution in [0.15, 0.2) is 42.5 Å². The topological polar surface area (TPSA) is 33.3 Å². The molecule has 0 spiro atoms. The number of ether oxygens (including phenoxy) is 1. The molecule has 0 unspecified atom stereocenters. The van der Waals surface area contributed by atoms with Crippen molar-refractivity contribution in [2.45, 2.75) is 20.8 Å². The highest BCUT2D eigenvalue weighted by atomic mass is 32.1. The molecule has 21 heavy (non-hydrogen) atoms. The smallest absolute Gasteiger partial charge is 0.175 e. The maximum atomic E-state index is 5.41. The molecule has 0 saturated heterocycles. The summed E-state index contributed by atoms with van der Waals surface area (Å²) in [5.41, 5.74) is 4.35. The summed E-state index contributed by atoms with van der Waals surface area (Å²) in [7, 11) is 0. The third kappa shape index (κ3) is 4.76. The van der Waals surface area contributed by atoms with E-state index in [0.29, 0.717) is 11.7 Å². The maximum Gasteiger partial charge on any atom is 0.175 e. The Labute approximate surface area is 131 Å². The lowest BCUT2D eigenvalue weighted by atomic mass is 10.1. The van der Waals surface area contributed by atoms with E-state index in [1.165, 1.54) is 11.1 Å². The van der Waals surface area contributed by atoms with Crippen LogP contribution in [-0.2, 0) is 0 Å². The highest BCUT2D eigenvalue weighted by molar-refractivity contribution is 7.80. The largest absolute Gasteiger partial charge is 0.494 e. The van der Waals surface area contributed by atoms with Crippen LogP contribution in [0.25, 0.3) is 0 Å². The molecule has 0 aliphatic heterocycles. The normalized spacial score (nSPS) is 10.0. The minimum absolute atomic E-state index is 0.573. The standard InChI is InChI=1S/C17H20N2OS/c1-4-20-16-7-5-14(6-8-16)18-17(21)19-15-10-12(2)9-13(3)11-15/h5-11H,4H2,1-3H3,(H2,18,19,21). The molecule has 0 bridgehead atoms. The quantitative estimate of drug-likeness (QED) is 0.814. The van der Waals surface area contributed by atoms with Crippen LogP contribution in [0, 0.1) is 13.8 Å². The van der Waals surface area contributed by atoms with E-state index in [1.807, 2.05) is 31.2 Å². The molecule has 0 fully saturated rings. The first kappa shape index (κ1) is 15.3. The predicted molar refractivity (Wildman–Crippen MR) is 93.4 cm³/mol. The highest BCUT2D eigenvalue weighted by Gasteiger charge is 2.01. The van der Waals surface area contributed by atoms with Gasteiger partial charge in [-0.2, -0.15) is 0 Å². The van der Waals surface area contributed by atoms with Crippen molar-refractivity contribution in [3.05, 3.63) is 53.6 Å². The first-order valence-corrected chi connectivity index (χ1v) is 7.37. The van der Waals surface area contributed by atoms with Crippen molar-refractivity contribution in [1.82, 2.24) is 0 Å². The maximum absolute atomic E-state index is 5.41. The Morgan fingerprint density at radius 2 is 1.52 bits per heavy atom. The SMILES string of the molecule is CCOc1ccc(NC(=S)Nc2cc(C)cc(C)c2)cc1. The van der Waals surface area contributed by atoms with Crippen LogP contribution < -0.4 is 15.4 Å². The number of benzene rings is 2. The molecule has 3 nitrogen and oxygen atoms in total. The van der Waals surface area contributed by atoms with Crippen molar-refractivity contribution in [2.75, 3.05) is 17.2 Å². The van der Waals surface area contributed by atoms with Crippen LogP contribution >= 0.6 is 12.2 Å². The molecular formula is C17H20N2OS. The van der Waals surface area contributed by atoms with Gasteiger partial charge in [0.25, 0.3) is 0 Å². The van der Waals surface area contributed by atoms with E-state index in [4.69, 9.17) is 17.0 Å². The van der Waals surface area contributed by atoms with Crippen molar-refractivity contribution < 1.29 is 4.74 Å². The van der Waals surface area contributed by atoms with Gasteiger partial charge in [-0.25, -0.2) is 0 Å². The molecule has 0 saturated carbocycles. The monoisotopic (exact) mass is 300 g/mol. The van der Waals surface area contributed by atoms with Crippen LogP contribution in [0.5, 0.6) is 5.75 Å². The summed E-state index contributed by atoms with van der Waals surface area (Å²) in [4.78, 5) is 0. The van der Waals surface area contributed by atoms with Crippen LogP contribution in [0.1, 0.15) is 18.1 Å². The Kier molecular flexibility index (Phi) is 5.17. The number of rotatable bonds is 4. The third-order valence-corrected chi connectivity index (χ3v) is 3.11. The second kappa shape index (κ2) is 7.09. The average Bonchev–Trinajstić information content (AvgIpc) is 2.40. The summed E-state index contributed by atoms with van der Waals surface area (Å²) < 4.78 is 5.41. The van der Waals surface area contributed by atoms with Gasteiger partial charge in [0.15, 0.2) is 5.11 Å². The Hall–Kier alpha value is -2.07. The summed E-state index contributed by atoms with van der Waals surface area (Å²) in [6, 6.07) is 14.0. The molecule has 0 heterocycles. The Balaban J connectivity index is 1.97. The first-order chi connectivity index (χ1) is 10.1. The molecule has 0 atom stereocenters. The summed E-state index contributed by atoms with van der Waals surface area (Å²) in [6.07, 6.45) is 0. The van der Waals surface area contributed by atoms with Gasteiger partial charge in [0, 0.05) is 11.4 Å². The molecule has 0 amide bonds. The summed E-state index contributed by atoms with van der Waals surface area (Å²) in [6.45, 7) is 6.77. The Morgan fingerprint density at radius 3 is 2.10 bits per heavy atom. The zero-order chi connectivity index (χ0) is 15.2. The molecule has 2 rings (SSSR count). The molecule has 2 aromatic rings. The van der Waals surface area contributed by atoms with Gasteiger partial charge in [0.1, 0.15) is 5.75 Å². The molecule has 2 N–H and O–H groups in total. The minimum atomic E-state index is 0.573. The zero-order valence-corrected chi connectivity index (χ0v) is 13.4. The van der Waals surface area contributed by atoms with Crippen molar-refractivity contribution in [1.29, 1.82) is 0 Å². The number of thiocarbonyl (C=S) groups is 1. The van der Waals surface area contributed by atoms with Gasteiger partial charge in [-0.15, -0.1) is 0 Å². The van der Waals surface area contributed by atoms with Crippen LogP contribution in [0.2, 0.25) is 0 Å². The van der Waals surface area contributed by atoms with E-state index in [1.54, 1.807) is 0 Å². The second-order valence-corrected chi connectivity index (χ2v) is 5.32. The van der Waals surface area contributed by atoms with E-state index in [2.05, 4.69) is 42.7 Å². The van der Waals surface area contributed by atoms with Gasteiger partial charge < -0.3 is 15.4 Å². The Bertz CT molecular complexity index is 603. The van der Waals surface area contributed by atoms with Crippen molar-refractivity contribution in [3.8, 4) is 5.75 Å². The molecule has 0 aliphatic rings. The molecule has 4 heteroatoms. The molecular weight excluding hydrogens is 280 g/mol. The average molecular weight is 300 g/mol. The molecule has 110 valence electrons. The summed E-state index contributed by atoms with van der Waals surface area (Å²) >= 11 is 5.34. The van der Waals surface area contributed by atoms with Gasteiger partial charge in [-0.1, -0.05) is 6.07 Å². The van der Waals surface area contributed by atoms with Gasteiger partial charge in [0.05, 0.1) is 6.61 Å². The van der Waals surface area contributed by atoms with Crippen LogP contribution in [0.3, 0.4) is 0 Å². The van der Waals surface area contributed by atoms with E-state index < -0.39 is 0 Å². The Morgan fingerprint density at radius 1 is 0.952 bits per heavy atom. The number of hydrogen-bond donors (Lipinski definition) is 2. The lowest BCUT2D eigenvalue weighted by Gasteiger charge is -2.12. The number of aryl methyl sites for hydroxylation is 2. The lowest BCUT2D eigenvalue weighted by molar-refractivity contribution is 0.340. The number of nitrogens with one attached hydrogen (secondary N) is 2. The van der Waals surface area contributed by atoms with Crippen molar-refractivity contribution in [2.24, 2.45) is 0 Å². The minimum Gasteiger partial charge on any atom is -0.494 e. The van der Waals surface area contributed by atoms with E-state index in [9.17, 15) is 0 Å². The number of hydrogen-bond acceptors (Lipinski definition) is 2. The zero-order valence-electron chi connectivity index (χ0n) is 12.6. The van der Waals surface area contributed by atoms with Crippen molar-refractivity contribution in [3.63, 3.8) is 0 Å². The van der Waals surface area contributed by atoms with Crippen LogP contribution in [0.4, 0.5) is 11.4 Å². The second-order valence-electron chi connectivity index (χ2n) is 4.91. The summed E-state index contributed by atoms with van der Waals surface area (Å²) in [5, 5.41) is 6.94. The first-order valence-electron chi connectivity index (χ1n) is 6.96. The molecule has 2 aromatic carbocycles. The fraction of sp³-hybridized carbons (Fsp3) is 0.235. The number of anilines is 2. The lowest BCUT2D eigenvalue weighted by Crippen LogP contribution is -2.19. The molecule has 0 aliphatic carbocycles. The molecule has 0 aromatic heterocycles. The predicted octanol–water partition coefficient (Wildman–Crippen LogP) is 4.51. The fourth-order valence-electron chi connectivity index (χ4n) is 2.14.